The van der Waals surface area contributed by atoms with Crippen LogP contribution in [0, 0.1) is 5.92 Å². The van der Waals surface area contributed by atoms with E-state index in [9.17, 15) is 9.59 Å². The average molecular weight is 377 g/mol. The summed E-state index contributed by atoms with van der Waals surface area (Å²) in [6.45, 7) is 9.74. The second kappa shape index (κ2) is 9.06. The number of ether oxygens (including phenoxy) is 2. The normalized spacial score (nSPS) is 17.4. The molecule has 1 saturated heterocycles. The quantitative estimate of drug-likeness (QED) is 0.788. The SMILES string of the molecule is CCOc1ncccc1C(=O)N1CCCC(CN(C)C(=O)OC(C)(C)C)C1. The van der Waals surface area contributed by atoms with Crippen molar-refractivity contribution >= 4 is 12.0 Å². The number of amides is 2. The highest BCUT2D eigenvalue weighted by Crippen LogP contribution is 2.23. The smallest absolute Gasteiger partial charge is 0.410 e. The Labute approximate surface area is 161 Å². The lowest BCUT2D eigenvalue weighted by Gasteiger charge is -2.35. The van der Waals surface area contributed by atoms with Crippen LogP contribution in [0.3, 0.4) is 0 Å². The van der Waals surface area contributed by atoms with Crippen molar-refractivity contribution in [3.05, 3.63) is 23.9 Å². The molecular weight excluding hydrogens is 346 g/mol. The lowest BCUT2D eigenvalue weighted by atomic mass is 9.97. The van der Waals surface area contributed by atoms with Gasteiger partial charge < -0.3 is 19.3 Å². The summed E-state index contributed by atoms with van der Waals surface area (Å²) in [5.74, 6) is 0.515. The Morgan fingerprint density at radius 3 is 2.78 bits per heavy atom. The van der Waals surface area contributed by atoms with E-state index in [1.165, 1.54) is 0 Å². The predicted octanol–water partition coefficient (Wildman–Crippen LogP) is 3.20. The van der Waals surface area contributed by atoms with Gasteiger partial charge in [0, 0.05) is 32.9 Å². The number of carbonyl (C=O) groups excluding carboxylic acids is 2. The molecule has 0 spiro atoms. The largest absolute Gasteiger partial charge is 0.477 e. The van der Waals surface area contributed by atoms with E-state index < -0.39 is 5.60 Å². The van der Waals surface area contributed by atoms with Crippen LogP contribution in [0.5, 0.6) is 5.88 Å². The second-order valence-electron chi connectivity index (χ2n) is 7.91. The van der Waals surface area contributed by atoms with Gasteiger partial charge in [0.1, 0.15) is 11.2 Å². The Balaban J connectivity index is 1.99. The van der Waals surface area contributed by atoms with Gasteiger partial charge in [0.05, 0.1) is 6.61 Å². The summed E-state index contributed by atoms with van der Waals surface area (Å²) in [6, 6.07) is 3.49. The van der Waals surface area contributed by atoms with Crippen LogP contribution in [0.2, 0.25) is 0 Å². The van der Waals surface area contributed by atoms with Gasteiger partial charge in [-0.2, -0.15) is 0 Å². The van der Waals surface area contributed by atoms with E-state index in [4.69, 9.17) is 9.47 Å². The minimum absolute atomic E-state index is 0.0730. The van der Waals surface area contributed by atoms with Crippen molar-refractivity contribution in [3.63, 3.8) is 0 Å². The van der Waals surface area contributed by atoms with Gasteiger partial charge in [-0.3, -0.25) is 4.79 Å². The van der Waals surface area contributed by atoms with Crippen molar-refractivity contribution in [2.45, 2.75) is 46.1 Å². The van der Waals surface area contributed by atoms with Crippen LogP contribution < -0.4 is 4.74 Å². The third-order valence-corrected chi connectivity index (χ3v) is 4.33. The van der Waals surface area contributed by atoms with Crippen molar-refractivity contribution in [2.24, 2.45) is 5.92 Å². The lowest BCUT2D eigenvalue weighted by molar-refractivity contribution is 0.0244. The highest BCUT2D eigenvalue weighted by molar-refractivity contribution is 5.96. The van der Waals surface area contributed by atoms with Gasteiger partial charge in [-0.05, 0) is 58.6 Å². The lowest BCUT2D eigenvalue weighted by Crippen LogP contribution is -2.45. The third kappa shape index (κ3) is 6.12. The minimum atomic E-state index is -0.518. The summed E-state index contributed by atoms with van der Waals surface area (Å²) in [4.78, 5) is 32.7. The van der Waals surface area contributed by atoms with Crippen LogP contribution >= 0.6 is 0 Å². The molecule has 2 rings (SSSR count). The van der Waals surface area contributed by atoms with Gasteiger partial charge in [-0.1, -0.05) is 0 Å². The molecular formula is C20H31N3O4. The number of likely N-dealkylation sites (tertiary alicyclic amines) is 1. The monoisotopic (exact) mass is 377 g/mol. The Morgan fingerprint density at radius 1 is 1.37 bits per heavy atom. The fourth-order valence-corrected chi connectivity index (χ4v) is 3.18. The standard InChI is InChI=1S/C20H31N3O4/c1-6-26-17-16(10-7-11-21-17)18(24)23-12-8-9-15(14-23)13-22(5)19(25)27-20(2,3)4/h7,10-11,15H,6,8-9,12-14H2,1-5H3. The Hall–Kier alpha value is -2.31. The van der Waals surface area contributed by atoms with Crippen molar-refractivity contribution in [3.8, 4) is 5.88 Å². The third-order valence-electron chi connectivity index (χ3n) is 4.33. The average Bonchev–Trinajstić information content (AvgIpc) is 2.60. The first-order valence-electron chi connectivity index (χ1n) is 9.52. The first kappa shape index (κ1) is 21.0. The Bertz CT molecular complexity index is 657. The van der Waals surface area contributed by atoms with Gasteiger partial charge in [0.2, 0.25) is 5.88 Å². The number of pyridine rings is 1. The van der Waals surface area contributed by atoms with Crippen LogP contribution in [-0.4, -0.2) is 65.7 Å². The van der Waals surface area contributed by atoms with Gasteiger partial charge in [0.15, 0.2) is 0 Å². The molecule has 1 aliphatic rings. The first-order valence-corrected chi connectivity index (χ1v) is 9.52. The molecule has 7 heteroatoms. The molecule has 2 amide bonds. The number of piperidine rings is 1. The molecule has 1 aromatic heterocycles. The maximum absolute atomic E-state index is 12.9. The van der Waals surface area contributed by atoms with E-state index in [0.29, 0.717) is 37.7 Å². The molecule has 0 saturated carbocycles. The van der Waals surface area contributed by atoms with Gasteiger partial charge in [-0.25, -0.2) is 9.78 Å². The molecule has 7 nitrogen and oxygen atoms in total. The molecule has 1 aliphatic heterocycles. The van der Waals surface area contributed by atoms with E-state index in [1.54, 1.807) is 30.3 Å². The van der Waals surface area contributed by atoms with Gasteiger partial charge in [-0.15, -0.1) is 0 Å². The zero-order chi connectivity index (χ0) is 20.0. The topological polar surface area (TPSA) is 72.0 Å². The van der Waals surface area contributed by atoms with Crippen molar-refractivity contribution in [1.82, 2.24) is 14.8 Å². The summed E-state index contributed by atoms with van der Waals surface area (Å²) in [6.07, 6.45) is 3.17. The first-order chi connectivity index (χ1) is 12.7. The van der Waals surface area contributed by atoms with Crippen LogP contribution in [-0.2, 0) is 4.74 Å². The molecule has 27 heavy (non-hydrogen) atoms. The van der Waals surface area contributed by atoms with Crippen LogP contribution in [0.15, 0.2) is 18.3 Å². The summed E-state index contributed by atoms with van der Waals surface area (Å²) >= 11 is 0. The minimum Gasteiger partial charge on any atom is -0.477 e. The second-order valence-corrected chi connectivity index (χ2v) is 7.91. The summed E-state index contributed by atoms with van der Waals surface area (Å²) < 4.78 is 10.9. The van der Waals surface area contributed by atoms with Crippen LogP contribution in [0.1, 0.15) is 50.9 Å². The van der Waals surface area contributed by atoms with Gasteiger partial charge >= 0.3 is 6.09 Å². The molecule has 0 aliphatic carbocycles. The maximum Gasteiger partial charge on any atom is 0.410 e. The van der Waals surface area contributed by atoms with Crippen molar-refractivity contribution in [1.29, 1.82) is 0 Å². The zero-order valence-electron chi connectivity index (χ0n) is 17.0. The highest BCUT2D eigenvalue weighted by Gasteiger charge is 2.29. The summed E-state index contributed by atoms with van der Waals surface area (Å²) in [5, 5.41) is 0. The number of aromatic nitrogens is 1. The number of hydrogen-bond acceptors (Lipinski definition) is 5. The van der Waals surface area contributed by atoms with Gasteiger partial charge in [0.25, 0.3) is 5.91 Å². The van der Waals surface area contributed by atoms with E-state index in [2.05, 4.69) is 4.98 Å². The predicted molar refractivity (Wildman–Crippen MR) is 103 cm³/mol. The summed E-state index contributed by atoms with van der Waals surface area (Å²) in [5.41, 5.74) is -0.0314. The van der Waals surface area contributed by atoms with E-state index in [-0.39, 0.29) is 17.9 Å². The zero-order valence-corrected chi connectivity index (χ0v) is 17.0. The molecule has 2 heterocycles. The number of hydrogen-bond donors (Lipinski definition) is 0. The van der Waals surface area contributed by atoms with E-state index in [1.807, 2.05) is 32.6 Å². The van der Waals surface area contributed by atoms with Crippen LogP contribution in [0.25, 0.3) is 0 Å². The van der Waals surface area contributed by atoms with E-state index in [0.717, 1.165) is 12.8 Å². The van der Waals surface area contributed by atoms with E-state index >= 15 is 0 Å². The maximum atomic E-state index is 12.9. The van der Waals surface area contributed by atoms with Crippen molar-refractivity contribution in [2.75, 3.05) is 33.3 Å². The Kier molecular flexibility index (Phi) is 7.05. The number of rotatable bonds is 5. The molecule has 1 aromatic rings. The fraction of sp³-hybridized carbons (Fsp3) is 0.650. The molecule has 1 fully saturated rings. The molecule has 1 atom stereocenters. The molecule has 150 valence electrons. The summed E-state index contributed by atoms with van der Waals surface area (Å²) in [7, 11) is 1.74. The fourth-order valence-electron chi connectivity index (χ4n) is 3.18. The molecule has 0 radical (unpaired) electrons. The molecule has 1 unspecified atom stereocenters. The molecule has 0 aromatic carbocycles. The van der Waals surface area contributed by atoms with Crippen molar-refractivity contribution < 1.29 is 19.1 Å². The molecule has 0 bridgehead atoms. The van der Waals surface area contributed by atoms with Crippen LogP contribution in [0.4, 0.5) is 4.79 Å². The highest BCUT2D eigenvalue weighted by atomic mass is 16.6. The number of nitrogens with zero attached hydrogens (tertiary/aromatic N) is 3. The Morgan fingerprint density at radius 2 is 2.11 bits per heavy atom. The molecule has 0 N–H and O–H groups in total. The number of carbonyl (C=O) groups is 2.